The Balaban J connectivity index is 2.22. The molecule has 0 spiro atoms. The predicted octanol–water partition coefficient (Wildman–Crippen LogP) is 3.89. The van der Waals surface area contributed by atoms with Crippen LogP contribution in [0.4, 0.5) is 0 Å². The van der Waals surface area contributed by atoms with Crippen LogP contribution < -0.4 is 5.32 Å². The van der Waals surface area contributed by atoms with Crippen LogP contribution in [0.2, 0.25) is 5.02 Å². The van der Waals surface area contributed by atoms with Gasteiger partial charge in [0, 0.05) is 22.5 Å². The van der Waals surface area contributed by atoms with E-state index in [4.69, 9.17) is 11.6 Å². The average molecular weight is 297 g/mol. The van der Waals surface area contributed by atoms with E-state index in [0.717, 1.165) is 16.5 Å². The second-order valence-electron chi connectivity index (χ2n) is 4.45. The summed E-state index contributed by atoms with van der Waals surface area (Å²) >= 11 is 5.92. The van der Waals surface area contributed by atoms with Crippen LogP contribution in [0.15, 0.2) is 45.8 Å². The molecule has 1 aliphatic rings. The molecule has 3 nitrogen and oxygen atoms in total. The van der Waals surface area contributed by atoms with Crippen molar-refractivity contribution in [3.8, 4) is 0 Å². The summed E-state index contributed by atoms with van der Waals surface area (Å²) in [5, 5.41) is 6.47. The molecule has 5 heteroatoms. The number of nitrogens with zero attached hydrogens (tertiary/aromatic N) is 1. The highest BCUT2D eigenvalue weighted by atomic mass is 35.5. The smallest absolute Gasteiger partial charge is 0.225 e. The molecule has 19 heavy (non-hydrogen) atoms. The van der Waals surface area contributed by atoms with Crippen molar-refractivity contribution in [3.05, 3.63) is 40.9 Å². The fourth-order valence-electron chi connectivity index (χ4n) is 1.85. The topological polar surface area (TPSA) is 41.5 Å². The number of carbonyl (C=O) groups is 1. The lowest BCUT2D eigenvalue weighted by Gasteiger charge is -2.31. The minimum absolute atomic E-state index is 0.0256. The van der Waals surface area contributed by atoms with Gasteiger partial charge in [-0.15, -0.1) is 10.0 Å². The number of hydrogen-bond donors (Lipinski definition) is 1. The standard InChI is InChI=1S/C14H17ClN2OS/c1-3-4-13(18)17-14-16-9-10-19(14,2)12-7-5-11(15)6-8-12/h5-10H,3-4H2,1-2H3,(H,16,17,18). The van der Waals surface area contributed by atoms with Crippen LogP contribution in [0, 0.1) is 0 Å². The van der Waals surface area contributed by atoms with Gasteiger partial charge in [0.1, 0.15) is 0 Å². The van der Waals surface area contributed by atoms with Gasteiger partial charge in [0.2, 0.25) is 5.91 Å². The summed E-state index contributed by atoms with van der Waals surface area (Å²) in [5.41, 5.74) is 0. The maximum Gasteiger partial charge on any atom is 0.225 e. The third kappa shape index (κ3) is 3.01. The molecule has 1 heterocycles. The van der Waals surface area contributed by atoms with Crippen molar-refractivity contribution in [2.24, 2.45) is 4.99 Å². The first-order valence-corrected chi connectivity index (χ1v) is 8.62. The molecule has 102 valence electrons. The zero-order valence-electron chi connectivity index (χ0n) is 11.0. The van der Waals surface area contributed by atoms with E-state index in [1.165, 1.54) is 0 Å². The molecule has 0 saturated heterocycles. The van der Waals surface area contributed by atoms with Crippen molar-refractivity contribution in [1.29, 1.82) is 0 Å². The molecule has 0 fully saturated rings. The van der Waals surface area contributed by atoms with Gasteiger partial charge in [0.05, 0.1) is 0 Å². The van der Waals surface area contributed by atoms with Crippen molar-refractivity contribution in [2.75, 3.05) is 6.26 Å². The van der Waals surface area contributed by atoms with Gasteiger partial charge < -0.3 is 5.32 Å². The molecule has 1 unspecified atom stereocenters. The van der Waals surface area contributed by atoms with E-state index < -0.39 is 10.0 Å². The van der Waals surface area contributed by atoms with E-state index in [9.17, 15) is 4.79 Å². The highest BCUT2D eigenvalue weighted by Gasteiger charge is 2.28. The average Bonchev–Trinajstić information content (AvgIpc) is 2.73. The number of amidine groups is 1. The van der Waals surface area contributed by atoms with E-state index in [1.807, 2.05) is 31.2 Å². The molecule has 1 aliphatic heterocycles. The molecule has 1 aromatic rings. The molecule has 0 radical (unpaired) electrons. The van der Waals surface area contributed by atoms with Crippen LogP contribution in [-0.2, 0) is 4.79 Å². The van der Waals surface area contributed by atoms with Crippen LogP contribution in [0.5, 0.6) is 0 Å². The first-order valence-electron chi connectivity index (χ1n) is 6.14. The van der Waals surface area contributed by atoms with Crippen molar-refractivity contribution in [3.63, 3.8) is 0 Å². The SMILES string of the molecule is CCCC(=O)NC1=NC=CS1(C)c1ccc(Cl)cc1. The van der Waals surface area contributed by atoms with E-state index in [-0.39, 0.29) is 5.91 Å². The first kappa shape index (κ1) is 14.2. The zero-order chi connectivity index (χ0) is 13.9. The Morgan fingerprint density at radius 2 is 2.05 bits per heavy atom. The molecule has 0 aromatic heterocycles. The van der Waals surface area contributed by atoms with Crippen LogP contribution in [0.25, 0.3) is 0 Å². The van der Waals surface area contributed by atoms with Gasteiger partial charge >= 0.3 is 0 Å². The molecule has 1 N–H and O–H groups in total. The molecular weight excluding hydrogens is 280 g/mol. The maximum absolute atomic E-state index is 11.7. The summed E-state index contributed by atoms with van der Waals surface area (Å²) in [6.45, 7) is 1.99. The van der Waals surface area contributed by atoms with Crippen molar-refractivity contribution < 1.29 is 4.79 Å². The third-order valence-electron chi connectivity index (χ3n) is 2.95. The molecule has 1 aromatic carbocycles. The normalized spacial score (nSPS) is 24.7. The Hall–Kier alpha value is -1.26. The summed E-state index contributed by atoms with van der Waals surface area (Å²) in [6.07, 6.45) is 5.24. The number of benzene rings is 1. The summed E-state index contributed by atoms with van der Waals surface area (Å²) in [4.78, 5) is 17.2. The Morgan fingerprint density at radius 1 is 1.37 bits per heavy atom. The van der Waals surface area contributed by atoms with Crippen LogP contribution >= 0.6 is 21.6 Å². The molecular formula is C14H17ClN2OS. The number of carbonyl (C=O) groups excluding carboxylic acids is 1. The second kappa shape index (κ2) is 5.80. The first-order chi connectivity index (χ1) is 9.06. The fraction of sp³-hybridized carbons (Fsp3) is 0.286. The van der Waals surface area contributed by atoms with E-state index in [0.29, 0.717) is 11.4 Å². The van der Waals surface area contributed by atoms with Gasteiger partial charge in [-0.05, 0) is 42.4 Å². The number of hydrogen-bond acceptors (Lipinski definition) is 2. The Kier molecular flexibility index (Phi) is 4.32. The number of rotatable bonds is 3. The lowest BCUT2D eigenvalue weighted by Crippen LogP contribution is -2.32. The van der Waals surface area contributed by atoms with Gasteiger partial charge in [-0.2, -0.15) is 0 Å². The van der Waals surface area contributed by atoms with Gasteiger partial charge in [-0.1, -0.05) is 18.5 Å². The molecule has 0 saturated carbocycles. The molecule has 1 atom stereocenters. The Morgan fingerprint density at radius 3 is 2.68 bits per heavy atom. The fourth-order valence-corrected chi connectivity index (χ4v) is 4.10. The van der Waals surface area contributed by atoms with Crippen molar-refractivity contribution >= 4 is 32.7 Å². The van der Waals surface area contributed by atoms with Gasteiger partial charge in [0.25, 0.3) is 0 Å². The highest BCUT2D eigenvalue weighted by molar-refractivity contribution is 8.47. The lowest BCUT2D eigenvalue weighted by atomic mass is 10.3. The summed E-state index contributed by atoms with van der Waals surface area (Å²) in [7, 11) is -1.37. The van der Waals surface area contributed by atoms with Crippen LogP contribution in [0.3, 0.4) is 0 Å². The van der Waals surface area contributed by atoms with Gasteiger partial charge in [0.15, 0.2) is 5.17 Å². The second-order valence-corrected chi connectivity index (χ2v) is 7.98. The molecule has 1 amide bonds. The van der Waals surface area contributed by atoms with Gasteiger partial charge in [-0.3, -0.25) is 4.79 Å². The predicted molar refractivity (Wildman–Crippen MR) is 82.9 cm³/mol. The monoisotopic (exact) mass is 296 g/mol. The molecule has 0 aliphatic carbocycles. The van der Waals surface area contributed by atoms with Crippen molar-refractivity contribution in [2.45, 2.75) is 24.7 Å². The molecule has 2 rings (SSSR count). The lowest BCUT2D eigenvalue weighted by molar-refractivity contribution is -0.119. The number of halogens is 1. The van der Waals surface area contributed by atoms with E-state index in [2.05, 4.69) is 22.0 Å². The molecule has 0 bridgehead atoms. The third-order valence-corrected chi connectivity index (χ3v) is 6.13. The largest absolute Gasteiger partial charge is 0.306 e. The number of amides is 1. The van der Waals surface area contributed by atoms with Crippen LogP contribution in [0.1, 0.15) is 19.8 Å². The maximum atomic E-state index is 11.7. The minimum atomic E-state index is -1.37. The van der Waals surface area contributed by atoms with E-state index >= 15 is 0 Å². The highest BCUT2D eigenvalue weighted by Crippen LogP contribution is 2.57. The quantitative estimate of drug-likeness (QED) is 0.903. The van der Waals surface area contributed by atoms with Crippen LogP contribution in [-0.4, -0.2) is 17.3 Å². The summed E-state index contributed by atoms with van der Waals surface area (Å²) < 4.78 is 0. The van der Waals surface area contributed by atoms with Crippen molar-refractivity contribution in [1.82, 2.24) is 5.32 Å². The van der Waals surface area contributed by atoms with Gasteiger partial charge in [-0.25, -0.2) is 4.99 Å². The number of aliphatic imine (C=N–C) groups is 1. The number of nitrogens with one attached hydrogen (secondary N) is 1. The zero-order valence-corrected chi connectivity index (χ0v) is 12.6. The Bertz CT molecular complexity index is 539. The Labute approximate surface area is 120 Å². The minimum Gasteiger partial charge on any atom is -0.306 e. The van der Waals surface area contributed by atoms with E-state index in [1.54, 1.807) is 6.20 Å². The summed E-state index contributed by atoms with van der Waals surface area (Å²) in [5.74, 6) is 0.0256. The summed E-state index contributed by atoms with van der Waals surface area (Å²) in [6, 6.07) is 7.73.